The van der Waals surface area contributed by atoms with Crippen LogP contribution >= 0.6 is 0 Å². The summed E-state index contributed by atoms with van der Waals surface area (Å²) in [4.78, 5) is 15.1. The molecule has 0 fully saturated rings. The van der Waals surface area contributed by atoms with Crippen molar-refractivity contribution in [2.45, 2.75) is 19.9 Å². The average molecular weight is 375 g/mol. The molecule has 0 bridgehead atoms. The van der Waals surface area contributed by atoms with Gasteiger partial charge >= 0.3 is 0 Å². The first-order valence-electron chi connectivity index (χ1n) is 9.50. The van der Waals surface area contributed by atoms with E-state index in [9.17, 15) is 4.79 Å². The summed E-state index contributed by atoms with van der Waals surface area (Å²) in [6.45, 7) is 3.04. The highest BCUT2D eigenvalue weighted by Gasteiger charge is 2.16. The molecule has 0 atom stereocenters. The molecule has 0 aliphatic carbocycles. The van der Waals surface area contributed by atoms with Crippen molar-refractivity contribution in [3.05, 3.63) is 58.5 Å². The van der Waals surface area contributed by atoms with Crippen molar-refractivity contribution in [1.29, 1.82) is 0 Å². The van der Waals surface area contributed by atoms with E-state index in [2.05, 4.69) is 51.5 Å². The minimum absolute atomic E-state index is 0.00899. The average Bonchev–Trinajstić information content (AvgIpc) is 3.10. The van der Waals surface area contributed by atoms with Crippen LogP contribution < -0.4 is 16.2 Å². The Morgan fingerprint density at radius 3 is 2.50 bits per heavy atom. The molecule has 6 nitrogen and oxygen atoms in total. The number of fused-ring (bicyclic) bond motifs is 3. The fourth-order valence-electron chi connectivity index (χ4n) is 3.69. The van der Waals surface area contributed by atoms with Gasteiger partial charge in [-0.15, -0.1) is 0 Å². The van der Waals surface area contributed by atoms with Gasteiger partial charge in [0, 0.05) is 37.4 Å². The van der Waals surface area contributed by atoms with E-state index in [0.29, 0.717) is 18.5 Å². The number of nitrogens with two attached hydrogens (primary N) is 1. The molecule has 2 aromatic carbocycles. The Kier molecular flexibility index (Phi) is 4.65. The summed E-state index contributed by atoms with van der Waals surface area (Å²) in [5.41, 5.74) is 11.5. The smallest absolute Gasteiger partial charge is 0.262 e. The minimum Gasteiger partial charge on any atom is -0.378 e. The van der Waals surface area contributed by atoms with Crippen LogP contribution in [0.3, 0.4) is 0 Å². The molecule has 4 rings (SSSR count). The SMILES string of the molecule is Cc1[nH]nc2c1c(=O)n(CCCN)c1ccc(-c3ccc(N(C)C)cc3)cc21. The summed E-state index contributed by atoms with van der Waals surface area (Å²) in [5.74, 6) is 0. The molecular formula is C22H25N5O. The molecule has 28 heavy (non-hydrogen) atoms. The predicted octanol–water partition coefficient (Wildman–Crippen LogP) is 3.27. The third-order valence-corrected chi connectivity index (χ3v) is 5.25. The Hall–Kier alpha value is -3.12. The standard InChI is InChI=1S/C22H25N5O/c1-14-20-21(25-24-14)18-13-16(15-5-8-17(9-6-15)26(2)3)7-10-19(18)27(22(20)28)12-4-11-23/h5-10,13H,4,11-12,23H2,1-3H3,(H,24,25). The van der Waals surface area contributed by atoms with Crippen LogP contribution in [-0.4, -0.2) is 35.4 Å². The highest BCUT2D eigenvalue weighted by atomic mass is 16.1. The van der Waals surface area contributed by atoms with Gasteiger partial charge in [0.2, 0.25) is 0 Å². The highest BCUT2D eigenvalue weighted by molar-refractivity contribution is 6.05. The van der Waals surface area contributed by atoms with Gasteiger partial charge in [0.25, 0.3) is 5.56 Å². The van der Waals surface area contributed by atoms with E-state index < -0.39 is 0 Å². The normalized spacial score (nSPS) is 11.4. The first kappa shape index (κ1) is 18.3. The molecule has 0 spiro atoms. The third-order valence-electron chi connectivity index (χ3n) is 5.25. The van der Waals surface area contributed by atoms with E-state index in [1.54, 1.807) is 0 Å². The Morgan fingerprint density at radius 1 is 1.11 bits per heavy atom. The summed E-state index contributed by atoms with van der Waals surface area (Å²) >= 11 is 0. The van der Waals surface area contributed by atoms with Crippen molar-refractivity contribution in [1.82, 2.24) is 14.8 Å². The van der Waals surface area contributed by atoms with E-state index >= 15 is 0 Å². The van der Waals surface area contributed by atoms with Crippen molar-refractivity contribution < 1.29 is 0 Å². The number of aryl methyl sites for hydroxylation is 2. The van der Waals surface area contributed by atoms with Gasteiger partial charge in [-0.25, -0.2) is 0 Å². The van der Waals surface area contributed by atoms with Gasteiger partial charge in [0.1, 0.15) is 5.52 Å². The molecule has 4 aromatic rings. The zero-order valence-corrected chi connectivity index (χ0v) is 16.5. The monoisotopic (exact) mass is 375 g/mol. The molecule has 0 saturated carbocycles. The number of aromatic amines is 1. The molecule has 0 amide bonds. The fourth-order valence-corrected chi connectivity index (χ4v) is 3.69. The quantitative estimate of drug-likeness (QED) is 0.561. The maximum absolute atomic E-state index is 13.0. The van der Waals surface area contributed by atoms with E-state index in [1.165, 1.54) is 0 Å². The maximum atomic E-state index is 13.0. The van der Waals surface area contributed by atoms with Crippen molar-refractivity contribution in [3.8, 4) is 11.1 Å². The molecule has 144 valence electrons. The fraction of sp³-hybridized carbons (Fsp3) is 0.273. The first-order valence-corrected chi connectivity index (χ1v) is 9.50. The summed E-state index contributed by atoms with van der Waals surface area (Å²) < 4.78 is 1.83. The molecule has 0 aliphatic heterocycles. The second-order valence-electron chi connectivity index (χ2n) is 7.34. The van der Waals surface area contributed by atoms with Crippen LogP contribution in [0.5, 0.6) is 0 Å². The molecule has 0 saturated heterocycles. The Labute approximate surface area is 163 Å². The number of nitrogens with one attached hydrogen (secondary N) is 1. The van der Waals surface area contributed by atoms with Gasteiger partial charge in [-0.1, -0.05) is 18.2 Å². The molecule has 0 radical (unpaired) electrons. The van der Waals surface area contributed by atoms with E-state index in [4.69, 9.17) is 5.73 Å². The Balaban J connectivity index is 1.94. The summed E-state index contributed by atoms with van der Waals surface area (Å²) in [7, 11) is 4.06. The van der Waals surface area contributed by atoms with Crippen LogP contribution in [0.15, 0.2) is 47.3 Å². The topological polar surface area (TPSA) is 79.9 Å². The lowest BCUT2D eigenvalue weighted by atomic mass is 10.0. The van der Waals surface area contributed by atoms with E-state index in [-0.39, 0.29) is 5.56 Å². The number of nitrogens with zero attached hydrogens (tertiary/aromatic N) is 3. The molecule has 0 aliphatic rings. The predicted molar refractivity (Wildman–Crippen MR) is 116 cm³/mol. The van der Waals surface area contributed by atoms with Crippen molar-refractivity contribution in [3.63, 3.8) is 0 Å². The van der Waals surface area contributed by atoms with Gasteiger partial charge in [-0.3, -0.25) is 9.89 Å². The van der Waals surface area contributed by atoms with E-state index in [1.807, 2.05) is 31.7 Å². The van der Waals surface area contributed by atoms with Crippen LogP contribution in [0.1, 0.15) is 12.1 Å². The molecule has 0 unspecified atom stereocenters. The number of rotatable bonds is 5. The van der Waals surface area contributed by atoms with Crippen molar-refractivity contribution in [2.75, 3.05) is 25.5 Å². The lowest BCUT2D eigenvalue weighted by molar-refractivity contribution is 0.654. The van der Waals surface area contributed by atoms with Gasteiger partial charge in [0.15, 0.2) is 0 Å². The Bertz CT molecular complexity index is 1200. The lowest BCUT2D eigenvalue weighted by Crippen LogP contribution is -2.22. The number of benzene rings is 2. The van der Waals surface area contributed by atoms with Crippen LogP contribution in [0.4, 0.5) is 5.69 Å². The van der Waals surface area contributed by atoms with Crippen LogP contribution in [0.2, 0.25) is 0 Å². The zero-order valence-electron chi connectivity index (χ0n) is 16.5. The van der Waals surface area contributed by atoms with Crippen LogP contribution in [0.25, 0.3) is 32.9 Å². The minimum atomic E-state index is -0.00899. The summed E-state index contributed by atoms with van der Waals surface area (Å²) in [5, 5.41) is 9.04. The molecule has 2 heterocycles. The van der Waals surface area contributed by atoms with E-state index in [0.717, 1.165) is 45.3 Å². The summed E-state index contributed by atoms with van der Waals surface area (Å²) in [6.07, 6.45) is 0.755. The molecule has 2 aromatic heterocycles. The van der Waals surface area contributed by atoms with Crippen molar-refractivity contribution >= 4 is 27.5 Å². The number of pyridine rings is 1. The second kappa shape index (κ2) is 7.13. The van der Waals surface area contributed by atoms with Crippen LogP contribution in [0, 0.1) is 6.92 Å². The number of hydrogen-bond donors (Lipinski definition) is 2. The van der Waals surface area contributed by atoms with Gasteiger partial charge < -0.3 is 15.2 Å². The first-order chi connectivity index (χ1) is 13.5. The number of H-pyrrole nitrogens is 1. The Morgan fingerprint density at radius 2 is 1.82 bits per heavy atom. The maximum Gasteiger partial charge on any atom is 0.262 e. The number of anilines is 1. The zero-order chi connectivity index (χ0) is 19.8. The lowest BCUT2D eigenvalue weighted by Gasteiger charge is -2.14. The molecular weight excluding hydrogens is 350 g/mol. The van der Waals surface area contributed by atoms with Gasteiger partial charge in [0.05, 0.1) is 10.9 Å². The largest absolute Gasteiger partial charge is 0.378 e. The number of hydrogen-bond acceptors (Lipinski definition) is 4. The third kappa shape index (κ3) is 2.96. The molecule has 6 heteroatoms. The van der Waals surface area contributed by atoms with Gasteiger partial charge in [-0.05, 0) is 55.3 Å². The second-order valence-corrected chi connectivity index (χ2v) is 7.34. The van der Waals surface area contributed by atoms with Gasteiger partial charge in [-0.2, -0.15) is 5.10 Å². The summed E-state index contributed by atoms with van der Waals surface area (Å²) in [6, 6.07) is 14.7. The van der Waals surface area contributed by atoms with Crippen molar-refractivity contribution in [2.24, 2.45) is 5.73 Å². The highest BCUT2D eigenvalue weighted by Crippen LogP contribution is 2.29. The number of aromatic nitrogens is 3. The van der Waals surface area contributed by atoms with Crippen LogP contribution in [-0.2, 0) is 6.54 Å². The molecule has 3 N–H and O–H groups in total.